The first-order valence-electron chi connectivity index (χ1n) is 14.3. The standard InChI is InChI=1S/C32H38FN3O5S/c1-3-30(32(38)34-26-11-6-4-7-12-26)35(22-24-17-19-25(33)20-18-24)31(37)23-36(27-13-10-14-28(21-27)41-2)42(39,40)29-15-8-5-9-16-29/h5,8-10,13-21,26,30H,3-4,6-7,11-12,22-23H2,1-2H3,(H,34,38)/t30-/m0/s1. The Labute approximate surface area is 247 Å². The molecule has 42 heavy (non-hydrogen) atoms. The van der Waals surface area contributed by atoms with Gasteiger partial charge in [-0.1, -0.05) is 62.6 Å². The van der Waals surface area contributed by atoms with Gasteiger partial charge in [-0.15, -0.1) is 0 Å². The first-order chi connectivity index (χ1) is 20.2. The molecule has 1 atom stereocenters. The highest BCUT2D eigenvalue weighted by Crippen LogP contribution is 2.28. The molecule has 0 bridgehead atoms. The van der Waals surface area contributed by atoms with E-state index in [-0.39, 0.29) is 29.1 Å². The molecule has 3 aromatic rings. The van der Waals surface area contributed by atoms with E-state index in [1.165, 1.54) is 36.3 Å². The summed E-state index contributed by atoms with van der Waals surface area (Å²) in [5, 5.41) is 3.12. The number of hydrogen-bond acceptors (Lipinski definition) is 5. The molecule has 2 amide bonds. The normalized spacial score (nSPS) is 14.5. The van der Waals surface area contributed by atoms with Gasteiger partial charge in [0.05, 0.1) is 17.7 Å². The summed E-state index contributed by atoms with van der Waals surface area (Å²) >= 11 is 0. The van der Waals surface area contributed by atoms with Crippen LogP contribution in [0.4, 0.5) is 10.1 Å². The van der Waals surface area contributed by atoms with Gasteiger partial charge in [0.2, 0.25) is 11.8 Å². The van der Waals surface area contributed by atoms with E-state index in [4.69, 9.17) is 4.74 Å². The molecule has 0 heterocycles. The van der Waals surface area contributed by atoms with Gasteiger partial charge in [-0.3, -0.25) is 13.9 Å². The number of methoxy groups -OCH3 is 1. The monoisotopic (exact) mass is 595 g/mol. The number of ether oxygens (including phenoxy) is 1. The third-order valence-electron chi connectivity index (χ3n) is 7.56. The molecule has 0 radical (unpaired) electrons. The number of carbonyl (C=O) groups excluding carboxylic acids is 2. The number of halogens is 1. The van der Waals surface area contributed by atoms with E-state index in [1.54, 1.807) is 54.6 Å². The summed E-state index contributed by atoms with van der Waals surface area (Å²) in [5.74, 6) is -0.836. The minimum absolute atomic E-state index is 0.00699. The second-order valence-corrected chi connectivity index (χ2v) is 12.3. The predicted octanol–water partition coefficient (Wildman–Crippen LogP) is 5.29. The molecule has 8 nitrogen and oxygen atoms in total. The molecule has 0 spiro atoms. The van der Waals surface area contributed by atoms with Crippen LogP contribution in [0.5, 0.6) is 5.75 Å². The number of benzene rings is 3. The van der Waals surface area contributed by atoms with Gasteiger partial charge >= 0.3 is 0 Å². The molecule has 0 aliphatic heterocycles. The van der Waals surface area contributed by atoms with Crippen LogP contribution in [0.25, 0.3) is 0 Å². The number of sulfonamides is 1. The maximum atomic E-state index is 14.2. The van der Waals surface area contributed by atoms with Gasteiger partial charge in [0.25, 0.3) is 10.0 Å². The second-order valence-electron chi connectivity index (χ2n) is 10.4. The summed E-state index contributed by atoms with van der Waals surface area (Å²) in [6.45, 7) is 1.27. The van der Waals surface area contributed by atoms with Crippen LogP contribution in [0.15, 0.2) is 83.8 Å². The summed E-state index contributed by atoms with van der Waals surface area (Å²) in [6.07, 6.45) is 5.28. The molecule has 0 saturated heterocycles. The maximum Gasteiger partial charge on any atom is 0.264 e. The van der Waals surface area contributed by atoms with Gasteiger partial charge in [-0.05, 0) is 61.2 Å². The van der Waals surface area contributed by atoms with Crippen LogP contribution in [0.2, 0.25) is 0 Å². The van der Waals surface area contributed by atoms with Gasteiger partial charge < -0.3 is 15.0 Å². The van der Waals surface area contributed by atoms with Crippen molar-refractivity contribution < 1.29 is 27.1 Å². The first-order valence-corrected chi connectivity index (χ1v) is 15.7. The van der Waals surface area contributed by atoms with Crippen LogP contribution >= 0.6 is 0 Å². The van der Waals surface area contributed by atoms with Crippen LogP contribution < -0.4 is 14.4 Å². The Morgan fingerprint density at radius 2 is 1.67 bits per heavy atom. The number of nitrogens with zero attached hydrogens (tertiary/aromatic N) is 2. The van der Waals surface area contributed by atoms with E-state index in [9.17, 15) is 22.4 Å². The third-order valence-corrected chi connectivity index (χ3v) is 9.34. The molecule has 1 aliphatic carbocycles. The molecule has 0 aromatic heterocycles. The zero-order chi connectivity index (χ0) is 30.1. The van der Waals surface area contributed by atoms with Gasteiger partial charge in [-0.2, -0.15) is 0 Å². The largest absolute Gasteiger partial charge is 0.497 e. The Hall–Kier alpha value is -3.92. The number of nitrogens with one attached hydrogen (secondary N) is 1. The zero-order valence-electron chi connectivity index (χ0n) is 24.0. The average Bonchev–Trinajstić information content (AvgIpc) is 3.01. The van der Waals surface area contributed by atoms with Crippen LogP contribution in [-0.4, -0.2) is 50.9 Å². The smallest absolute Gasteiger partial charge is 0.264 e. The average molecular weight is 596 g/mol. The highest BCUT2D eigenvalue weighted by Gasteiger charge is 2.34. The number of anilines is 1. The summed E-state index contributed by atoms with van der Waals surface area (Å²) in [6, 6.07) is 19.2. The number of rotatable bonds is 12. The maximum absolute atomic E-state index is 14.2. The zero-order valence-corrected chi connectivity index (χ0v) is 24.9. The van der Waals surface area contributed by atoms with E-state index in [1.807, 2.05) is 6.92 Å². The summed E-state index contributed by atoms with van der Waals surface area (Å²) in [4.78, 5) is 29.2. The molecular formula is C32H38FN3O5S. The quantitative estimate of drug-likeness (QED) is 0.307. The lowest BCUT2D eigenvalue weighted by Crippen LogP contribution is -2.54. The van der Waals surface area contributed by atoms with Crippen LogP contribution in [0.1, 0.15) is 51.0 Å². The molecule has 4 rings (SSSR count). The summed E-state index contributed by atoms with van der Waals surface area (Å²) in [5.41, 5.74) is 0.862. The summed E-state index contributed by atoms with van der Waals surface area (Å²) < 4.78 is 47.9. The van der Waals surface area contributed by atoms with Gasteiger partial charge in [0, 0.05) is 18.7 Å². The van der Waals surface area contributed by atoms with Gasteiger partial charge in [-0.25, -0.2) is 12.8 Å². The molecule has 1 N–H and O–H groups in total. The molecule has 0 unspecified atom stereocenters. The minimum Gasteiger partial charge on any atom is -0.497 e. The minimum atomic E-state index is -4.18. The van der Waals surface area contributed by atoms with E-state index >= 15 is 0 Å². The van der Waals surface area contributed by atoms with E-state index < -0.39 is 34.3 Å². The Balaban J connectivity index is 1.70. The van der Waals surface area contributed by atoms with Crippen LogP contribution in [0, 0.1) is 5.82 Å². The second kappa shape index (κ2) is 14.3. The number of amides is 2. The lowest BCUT2D eigenvalue weighted by atomic mass is 9.95. The van der Waals surface area contributed by atoms with Crippen molar-refractivity contribution in [3.8, 4) is 5.75 Å². The highest BCUT2D eigenvalue weighted by molar-refractivity contribution is 7.92. The van der Waals surface area contributed by atoms with Crippen LogP contribution in [0.3, 0.4) is 0 Å². The number of carbonyl (C=O) groups is 2. The van der Waals surface area contributed by atoms with Gasteiger partial charge in [0.1, 0.15) is 24.2 Å². The van der Waals surface area contributed by atoms with Crippen molar-refractivity contribution in [2.24, 2.45) is 0 Å². The fourth-order valence-corrected chi connectivity index (χ4v) is 6.69. The van der Waals surface area contributed by atoms with Crippen LogP contribution in [-0.2, 0) is 26.2 Å². The predicted molar refractivity (Wildman–Crippen MR) is 160 cm³/mol. The SMILES string of the molecule is CC[C@@H](C(=O)NC1CCCCC1)N(Cc1ccc(F)cc1)C(=O)CN(c1cccc(OC)c1)S(=O)(=O)c1ccccc1. The fraction of sp³-hybridized carbons (Fsp3) is 0.375. The fourth-order valence-electron chi connectivity index (χ4n) is 5.26. The Kier molecular flexibility index (Phi) is 10.6. The van der Waals surface area contributed by atoms with Crippen molar-refractivity contribution in [3.05, 3.63) is 90.2 Å². The van der Waals surface area contributed by atoms with Crippen molar-refractivity contribution >= 4 is 27.5 Å². The van der Waals surface area contributed by atoms with Crippen molar-refractivity contribution in [1.82, 2.24) is 10.2 Å². The van der Waals surface area contributed by atoms with Gasteiger partial charge in [0.15, 0.2) is 0 Å². The Morgan fingerprint density at radius 3 is 2.31 bits per heavy atom. The molecule has 10 heteroatoms. The lowest BCUT2D eigenvalue weighted by molar-refractivity contribution is -0.140. The lowest BCUT2D eigenvalue weighted by Gasteiger charge is -2.34. The van der Waals surface area contributed by atoms with E-state index in [0.29, 0.717) is 17.7 Å². The van der Waals surface area contributed by atoms with Crippen molar-refractivity contribution in [3.63, 3.8) is 0 Å². The molecule has 1 aliphatic rings. The van der Waals surface area contributed by atoms with E-state index in [0.717, 1.165) is 36.4 Å². The molecule has 1 saturated carbocycles. The Morgan fingerprint density at radius 1 is 0.976 bits per heavy atom. The molecule has 224 valence electrons. The van der Waals surface area contributed by atoms with Crippen molar-refractivity contribution in [1.29, 1.82) is 0 Å². The molecular weight excluding hydrogens is 557 g/mol. The van der Waals surface area contributed by atoms with Crippen molar-refractivity contribution in [2.45, 2.75) is 69.0 Å². The van der Waals surface area contributed by atoms with E-state index in [2.05, 4.69) is 5.32 Å². The Bertz CT molecular complexity index is 1440. The molecule has 1 fully saturated rings. The number of hydrogen-bond donors (Lipinski definition) is 1. The third kappa shape index (κ3) is 7.67. The highest BCUT2D eigenvalue weighted by atomic mass is 32.2. The molecule has 3 aromatic carbocycles. The topological polar surface area (TPSA) is 96.0 Å². The first kappa shape index (κ1) is 31.0. The summed E-state index contributed by atoms with van der Waals surface area (Å²) in [7, 11) is -2.71. The van der Waals surface area contributed by atoms with Crippen molar-refractivity contribution in [2.75, 3.05) is 18.0 Å².